The molecular weight excluding hydrogens is 431 g/mol. The molecule has 0 bridgehead atoms. The molecule has 3 unspecified atom stereocenters. The SMILES string of the molecule is CC1CN(S(=O)(=O)c2ccc(C(=O)N3CCCC3Cc3cccc(F)c3)cc2)CC(C)O1. The Morgan fingerprint density at radius 1 is 1.09 bits per heavy atom. The molecule has 2 heterocycles. The third kappa shape index (κ3) is 4.87. The minimum Gasteiger partial charge on any atom is -0.373 e. The molecular formula is C24H29FN2O4S. The second kappa shape index (κ2) is 9.29. The monoisotopic (exact) mass is 460 g/mol. The van der Waals surface area contributed by atoms with Crippen molar-refractivity contribution in [1.82, 2.24) is 9.21 Å². The zero-order chi connectivity index (χ0) is 22.9. The predicted molar refractivity (Wildman–Crippen MR) is 119 cm³/mol. The van der Waals surface area contributed by atoms with Gasteiger partial charge in [0.25, 0.3) is 5.91 Å². The second-order valence-electron chi connectivity index (χ2n) is 8.73. The van der Waals surface area contributed by atoms with E-state index in [0.29, 0.717) is 31.6 Å². The van der Waals surface area contributed by atoms with E-state index in [1.54, 1.807) is 18.2 Å². The van der Waals surface area contributed by atoms with Gasteiger partial charge in [0.15, 0.2) is 0 Å². The van der Waals surface area contributed by atoms with Gasteiger partial charge in [-0.15, -0.1) is 0 Å². The van der Waals surface area contributed by atoms with Crippen molar-refractivity contribution in [2.24, 2.45) is 0 Å². The molecule has 2 aliphatic rings. The Morgan fingerprint density at radius 2 is 1.78 bits per heavy atom. The maximum atomic E-state index is 13.5. The molecule has 0 saturated carbocycles. The molecule has 4 rings (SSSR count). The number of benzene rings is 2. The fourth-order valence-corrected chi connectivity index (χ4v) is 6.25. The van der Waals surface area contributed by atoms with Crippen LogP contribution in [0.1, 0.15) is 42.6 Å². The van der Waals surface area contributed by atoms with Crippen molar-refractivity contribution in [3.05, 3.63) is 65.5 Å². The first-order valence-electron chi connectivity index (χ1n) is 11.0. The van der Waals surface area contributed by atoms with E-state index in [-0.39, 0.29) is 34.9 Å². The molecule has 8 heteroatoms. The lowest BCUT2D eigenvalue weighted by atomic mass is 10.0. The minimum atomic E-state index is -3.65. The van der Waals surface area contributed by atoms with E-state index >= 15 is 0 Å². The van der Waals surface area contributed by atoms with Crippen molar-refractivity contribution < 1.29 is 22.3 Å². The van der Waals surface area contributed by atoms with Crippen LogP contribution in [-0.4, -0.2) is 61.4 Å². The molecule has 172 valence electrons. The third-order valence-corrected chi connectivity index (χ3v) is 7.97. The molecule has 2 saturated heterocycles. The summed E-state index contributed by atoms with van der Waals surface area (Å²) in [6.07, 6.45) is 2.02. The van der Waals surface area contributed by atoms with Gasteiger partial charge in [-0.3, -0.25) is 4.79 Å². The average Bonchev–Trinajstić information content (AvgIpc) is 3.20. The molecule has 2 fully saturated rings. The van der Waals surface area contributed by atoms with Crippen LogP contribution in [0.25, 0.3) is 0 Å². The summed E-state index contributed by atoms with van der Waals surface area (Å²) in [4.78, 5) is 15.1. The molecule has 0 radical (unpaired) electrons. The lowest BCUT2D eigenvalue weighted by molar-refractivity contribution is -0.0440. The molecule has 2 aromatic rings. The predicted octanol–water partition coefficient (Wildman–Crippen LogP) is 3.47. The highest BCUT2D eigenvalue weighted by atomic mass is 32.2. The zero-order valence-electron chi connectivity index (χ0n) is 18.4. The number of hydrogen-bond acceptors (Lipinski definition) is 4. The number of amides is 1. The summed E-state index contributed by atoms with van der Waals surface area (Å²) in [5, 5.41) is 0. The molecule has 2 aliphatic heterocycles. The van der Waals surface area contributed by atoms with Gasteiger partial charge in [-0.05, 0) is 75.1 Å². The van der Waals surface area contributed by atoms with Gasteiger partial charge >= 0.3 is 0 Å². The summed E-state index contributed by atoms with van der Waals surface area (Å²) >= 11 is 0. The Labute approximate surface area is 189 Å². The van der Waals surface area contributed by atoms with Crippen molar-refractivity contribution in [3.63, 3.8) is 0 Å². The number of rotatable bonds is 5. The lowest BCUT2D eigenvalue weighted by Gasteiger charge is -2.34. The standard InChI is InChI=1S/C24H29FN2O4S/c1-17-15-26(16-18(2)31-17)32(29,30)23-10-8-20(9-11-23)24(28)27-12-4-7-22(27)14-19-5-3-6-21(25)13-19/h3,5-6,8-11,13,17-18,22H,4,7,12,14-16H2,1-2H3. The van der Waals surface area contributed by atoms with Crippen molar-refractivity contribution in [1.29, 1.82) is 0 Å². The Hall–Kier alpha value is -2.29. The number of carbonyl (C=O) groups excluding carboxylic acids is 1. The number of nitrogens with zero attached hydrogens (tertiary/aromatic N) is 2. The first-order valence-corrected chi connectivity index (χ1v) is 12.5. The number of hydrogen-bond donors (Lipinski definition) is 0. The van der Waals surface area contributed by atoms with E-state index in [4.69, 9.17) is 4.74 Å². The average molecular weight is 461 g/mol. The number of carbonyl (C=O) groups is 1. The Balaban J connectivity index is 1.48. The first kappa shape index (κ1) is 22.9. The molecule has 0 N–H and O–H groups in total. The second-order valence-corrected chi connectivity index (χ2v) is 10.7. The Kier molecular flexibility index (Phi) is 6.65. The van der Waals surface area contributed by atoms with Crippen LogP contribution in [0.3, 0.4) is 0 Å². The molecule has 6 nitrogen and oxygen atoms in total. The molecule has 0 spiro atoms. The summed E-state index contributed by atoms with van der Waals surface area (Å²) < 4.78 is 46.7. The number of likely N-dealkylation sites (tertiary alicyclic amines) is 1. The number of ether oxygens (including phenoxy) is 1. The van der Waals surface area contributed by atoms with Crippen LogP contribution in [0.2, 0.25) is 0 Å². The Morgan fingerprint density at radius 3 is 2.44 bits per heavy atom. The summed E-state index contributed by atoms with van der Waals surface area (Å²) in [6.45, 7) is 4.97. The van der Waals surface area contributed by atoms with E-state index in [1.165, 1.54) is 28.6 Å². The first-order chi connectivity index (χ1) is 15.2. The molecule has 32 heavy (non-hydrogen) atoms. The van der Waals surface area contributed by atoms with E-state index in [9.17, 15) is 17.6 Å². The normalized spacial score (nSPS) is 24.6. The summed E-state index contributed by atoms with van der Waals surface area (Å²) in [6, 6.07) is 12.7. The van der Waals surface area contributed by atoms with Crippen LogP contribution >= 0.6 is 0 Å². The fourth-order valence-electron chi connectivity index (χ4n) is 4.66. The van der Waals surface area contributed by atoms with Crippen molar-refractivity contribution in [2.45, 2.75) is 56.3 Å². The van der Waals surface area contributed by atoms with Crippen LogP contribution in [0.15, 0.2) is 53.4 Å². The highest BCUT2D eigenvalue weighted by molar-refractivity contribution is 7.89. The van der Waals surface area contributed by atoms with Crippen molar-refractivity contribution in [2.75, 3.05) is 19.6 Å². The van der Waals surface area contributed by atoms with Crippen LogP contribution in [0.4, 0.5) is 4.39 Å². The Bertz CT molecular complexity index is 1060. The van der Waals surface area contributed by atoms with Gasteiger partial charge < -0.3 is 9.64 Å². The molecule has 2 aromatic carbocycles. The maximum absolute atomic E-state index is 13.5. The van der Waals surface area contributed by atoms with Gasteiger partial charge in [0.05, 0.1) is 17.1 Å². The van der Waals surface area contributed by atoms with Crippen LogP contribution < -0.4 is 0 Å². The third-order valence-electron chi connectivity index (χ3n) is 6.12. The topological polar surface area (TPSA) is 66.9 Å². The number of halogens is 1. The fraction of sp³-hybridized carbons (Fsp3) is 0.458. The van der Waals surface area contributed by atoms with Gasteiger partial charge in [0, 0.05) is 31.2 Å². The largest absolute Gasteiger partial charge is 0.373 e. The highest BCUT2D eigenvalue weighted by Gasteiger charge is 2.33. The van der Waals surface area contributed by atoms with E-state index < -0.39 is 10.0 Å². The minimum absolute atomic E-state index is 0.00374. The van der Waals surface area contributed by atoms with Gasteiger partial charge in [0.2, 0.25) is 10.0 Å². The summed E-state index contributed by atoms with van der Waals surface area (Å²) in [7, 11) is -3.65. The zero-order valence-corrected chi connectivity index (χ0v) is 19.2. The van der Waals surface area contributed by atoms with Gasteiger partial charge in [-0.2, -0.15) is 4.31 Å². The molecule has 0 aliphatic carbocycles. The smallest absolute Gasteiger partial charge is 0.254 e. The van der Waals surface area contributed by atoms with Gasteiger partial charge in [-0.25, -0.2) is 12.8 Å². The van der Waals surface area contributed by atoms with Crippen LogP contribution in [0.5, 0.6) is 0 Å². The maximum Gasteiger partial charge on any atom is 0.254 e. The van der Waals surface area contributed by atoms with E-state index in [2.05, 4.69) is 0 Å². The lowest BCUT2D eigenvalue weighted by Crippen LogP contribution is -2.48. The van der Waals surface area contributed by atoms with Crippen LogP contribution in [0, 0.1) is 5.82 Å². The summed E-state index contributed by atoms with van der Waals surface area (Å²) in [5.74, 6) is -0.402. The van der Waals surface area contributed by atoms with Crippen molar-refractivity contribution >= 4 is 15.9 Å². The number of sulfonamides is 1. The number of morpholine rings is 1. The van der Waals surface area contributed by atoms with Gasteiger partial charge in [0.1, 0.15) is 5.82 Å². The molecule has 1 amide bonds. The summed E-state index contributed by atoms with van der Waals surface area (Å²) in [5.41, 5.74) is 1.32. The quantitative estimate of drug-likeness (QED) is 0.685. The molecule has 0 aromatic heterocycles. The molecule has 3 atom stereocenters. The van der Waals surface area contributed by atoms with E-state index in [0.717, 1.165) is 18.4 Å². The van der Waals surface area contributed by atoms with Gasteiger partial charge in [-0.1, -0.05) is 12.1 Å². The highest BCUT2D eigenvalue weighted by Crippen LogP contribution is 2.25. The van der Waals surface area contributed by atoms with Crippen molar-refractivity contribution in [3.8, 4) is 0 Å². The van der Waals surface area contributed by atoms with E-state index in [1.807, 2.05) is 24.8 Å². The van der Waals surface area contributed by atoms with Crippen LogP contribution in [-0.2, 0) is 21.2 Å².